The second kappa shape index (κ2) is 10.8. The van der Waals surface area contributed by atoms with E-state index in [-0.39, 0.29) is 36.4 Å². The summed E-state index contributed by atoms with van der Waals surface area (Å²) in [7, 11) is 1.60. The molecule has 1 aromatic heterocycles. The first kappa shape index (κ1) is 23.3. The van der Waals surface area contributed by atoms with Gasteiger partial charge in [0.25, 0.3) is 5.91 Å². The molecule has 0 saturated heterocycles. The van der Waals surface area contributed by atoms with Crippen LogP contribution in [0.2, 0.25) is 0 Å². The van der Waals surface area contributed by atoms with Crippen LogP contribution in [0.5, 0.6) is 0 Å². The van der Waals surface area contributed by atoms with Crippen molar-refractivity contribution >= 4 is 45.0 Å². The summed E-state index contributed by atoms with van der Waals surface area (Å²) in [4.78, 5) is 38.4. The molecule has 8 heteroatoms. The molecule has 0 saturated carbocycles. The van der Waals surface area contributed by atoms with E-state index in [0.29, 0.717) is 10.4 Å². The third kappa shape index (κ3) is 6.31. The SMILES string of the molecule is CCc1ccccc1NC(=O)CN(C)C(=O)Cc1ccc(NC(=O)c2ccc(Br)o2)cc1. The molecule has 3 rings (SSSR count). The molecular formula is C24H24BrN3O4. The van der Waals surface area contributed by atoms with Crippen LogP contribution in [0.15, 0.2) is 69.8 Å². The van der Waals surface area contributed by atoms with Gasteiger partial charge in [-0.05, 0) is 63.8 Å². The molecule has 166 valence electrons. The first-order valence-electron chi connectivity index (χ1n) is 10.1. The number of hydrogen-bond donors (Lipinski definition) is 2. The molecule has 32 heavy (non-hydrogen) atoms. The number of carbonyl (C=O) groups excluding carboxylic acids is 3. The van der Waals surface area contributed by atoms with Gasteiger partial charge in [0.2, 0.25) is 11.8 Å². The minimum Gasteiger partial charge on any atom is -0.444 e. The van der Waals surface area contributed by atoms with E-state index in [9.17, 15) is 14.4 Å². The van der Waals surface area contributed by atoms with Gasteiger partial charge >= 0.3 is 0 Å². The zero-order chi connectivity index (χ0) is 23.1. The Morgan fingerprint density at radius 3 is 2.34 bits per heavy atom. The fourth-order valence-corrected chi connectivity index (χ4v) is 3.39. The monoisotopic (exact) mass is 497 g/mol. The van der Waals surface area contributed by atoms with Crippen molar-refractivity contribution in [1.82, 2.24) is 4.90 Å². The van der Waals surface area contributed by atoms with Crippen molar-refractivity contribution < 1.29 is 18.8 Å². The van der Waals surface area contributed by atoms with Crippen molar-refractivity contribution in [3.8, 4) is 0 Å². The Labute approximate surface area is 194 Å². The molecule has 0 bridgehead atoms. The largest absolute Gasteiger partial charge is 0.444 e. The number of nitrogens with one attached hydrogen (secondary N) is 2. The second-order valence-corrected chi connectivity index (χ2v) is 8.02. The third-order valence-electron chi connectivity index (χ3n) is 4.84. The van der Waals surface area contributed by atoms with Crippen molar-refractivity contribution in [2.75, 3.05) is 24.2 Å². The highest BCUT2D eigenvalue weighted by molar-refractivity contribution is 9.10. The van der Waals surface area contributed by atoms with Gasteiger partial charge in [-0.1, -0.05) is 37.3 Å². The van der Waals surface area contributed by atoms with Crippen LogP contribution in [0.1, 0.15) is 28.6 Å². The zero-order valence-corrected chi connectivity index (χ0v) is 19.4. The summed E-state index contributed by atoms with van der Waals surface area (Å²) >= 11 is 3.16. The van der Waals surface area contributed by atoms with Crippen molar-refractivity contribution in [1.29, 1.82) is 0 Å². The van der Waals surface area contributed by atoms with Gasteiger partial charge in [-0.25, -0.2) is 0 Å². The number of nitrogens with zero attached hydrogens (tertiary/aromatic N) is 1. The molecule has 3 aromatic rings. The number of aryl methyl sites for hydroxylation is 1. The molecule has 0 aliphatic carbocycles. The lowest BCUT2D eigenvalue weighted by Crippen LogP contribution is -2.35. The number of likely N-dealkylation sites (N-methyl/N-ethyl adjacent to an activating group) is 1. The van der Waals surface area contributed by atoms with E-state index in [1.807, 2.05) is 31.2 Å². The summed E-state index contributed by atoms with van der Waals surface area (Å²) in [5.74, 6) is -0.599. The van der Waals surface area contributed by atoms with E-state index in [4.69, 9.17) is 4.42 Å². The average molecular weight is 498 g/mol. The Balaban J connectivity index is 1.51. The van der Waals surface area contributed by atoms with Crippen molar-refractivity contribution in [3.05, 3.63) is 82.2 Å². The normalized spacial score (nSPS) is 10.5. The Bertz CT molecular complexity index is 1110. The molecule has 0 aliphatic rings. The Morgan fingerprint density at radius 1 is 0.969 bits per heavy atom. The molecule has 0 radical (unpaired) electrons. The fraction of sp³-hybridized carbons (Fsp3) is 0.208. The van der Waals surface area contributed by atoms with Crippen LogP contribution in [-0.4, -0.2) is 36.2 Å². The molecule has 2 N–H and O–H groups in total. The molecule has 0 atom stereocenters. The van der Waals surface area contributed by atoms with Gasteiger partial charge in [0.15, 0.2) is 10.4 Å². The van der Waals surface area contributed by atoms with Gasteiger partial charge in [-0.3, -0.25) is 14.4 Å². The van der Waals surface area contributed by atoms with Crippen LogP contribution in [0.25, 0.3) is 0 Å². The predicted molar refractivity (Wildman–Crippen MR) is 127 cm³/mol. The second-order valence-electron chi connectivity index (χ2n) is 7.24. The first-order chi connectivity index (χ1) is 15.4. The van der Waals surface area contributed by atoms with Crippen LogP contribution in [0.3, 0.4) is 0 Å². The van der Waals surface area contributed by atoms with Crippen molar-refractivity contribution in [2.45, 2.75) is 19.8 Å². The van der Waals surface area contributed by atoms with E-state index in [0.717, 1.165) is 23.2 Å². The molecule has 1 heterocycles. The maximum absolute atomic E-state index is 12.5. The van der Waals surface area contributed by atoms with E-state index in [1.165, 1.54) is 4.90 Å². The number of carbonyl (C=O) groups is 3. The maximum Gasteiger partial charge on any atom is 0.291 e. The fourth-order valence-electron chi connectivity index (χ4n) is 3.09. The number of para-hydroxylation sites is 1. The molecule has 0 unspecified atom stereocenters. The quantitative estimate of drug-likeness (QED) is 0.479. The van der Waals surface area contributed by atoms with E-state index in [2.05, 4.69) is 26.6 Å². The molecule has 3 amide bonds. The van der Waals surface area contributed by atoms with Crippen LogP contribution >= 0.6 is 15.9 Å². The molecule has 2 aromatic carbocycles. The third-order valence-corrected chi connectivity index (χ3v) is 5.27. The van der Waals surface area contributed by atoms with Gasteiger partial charge < -0.3 is 20.0 Å². The number of furan rings is 1. The highest BCUT2D eigenvalue weighted by Crippen LogP contribution is 2.17. The van der Waals surface area contributed by atoms with Gasteiger partial charge in [0.1, 0.15) is 0 Å². The summed E-state index contributed by atoms with van der Waals surface area (Å²) in [6.45, 7) is 1.98. The van der Waals surface area contributed by atoms with Crippen LogP contribution in [-0.2, 0) is 22.4 Å². The minimum absolute atomic E-state index is 0.0380. The molecule has 0 fully saturated rings. The molecular weight excluding hydrogens is 474 g/mol. The van der Waals surface area contributed by atoms with Gasteiger partial charge in [0.05, 0.1) is 13.0 Å². The van der Waals surface area contributed by atoms with Crippen molar-refractivity contribution in [3.63, 3.8) is 0 Å². The lowest BCUT2D eigenvalue weighted by molar-refractivity contribution is -0.132. The Kier molecular flexibility index (Phi) is 7.83. The Hall–Kier alpha value is -3.39. The first-order valence-corrected chi connectivity index (χ1v) is 10.9. The summed E-state index contributed by atoms with van der Waals surface area (Å²) in [6, 6.07) is 17.8. The average Bonchev–Trinajstić information content (AvgIpc) is 3.22. The number of benzene rings is 2. The highest BCUT2D eigenvalue weighted by Gasteiger charge is 2.15. The topological polar surface area (TPSA) is 91.7 Å². The van der Waals surface area contributed by atoms with E-state index < -0.39 is 0 Å². The predicted octanol–water partition coefficient (Wildman–Crippen LogP) is 4.50. The van der Waals surface area contributed by atoms with Gasteiger partial charge in [-0.15, -0.1) is 0 Å². The van der Waals surface area contributed by atoms with E-state index >= 15 is 0 Å². The number of halogens is 1. The number of amides is 3. The zero-order valence-electron chi connectivity index (χ0n) is 17.9. The van der Waals surface area contributed by atoms with Crippen LogP contribution in [0, 0.1) is 0 Å². The maximum atomic E-state index is 12.5. The highest BCUT2D eigenvalue weighted by atomic mass is 79.9. The summed E-state index contributed by atoms with van der Waals surface area (Å²) in [5, 5.41) is 5.60. The Morgan fingerprint density at radius 2 is 1.69 bits per heavy atom. The van der Waals surface area contributed by atoms with Gasteiger partial charge in [-0.2, -0.15) is 0 Å². The summed E-state index contributed by atoms with van der Waals surface area (Å²) < 4.78 is 5.70. The van der Waals surface area contributed by atoms with Crippen molar-refractivity contribution in [2.24, 2.45) is 0 Å². The lowest BCUT2D eigenvalue weighted by Gasteiger charge is -2.18. The van der Waals surface area contributed by atoms with Gasteiger partial charge in [0, 0.05) is 18.4 Å². The van der Waals surface area contributed by atoms with E-state index in [1.54, 1.807) is 43.4 Å². The number of rotatable bonds is 8. The van der Waals surface area contributed by atoms with Crippen LogP contribution < -0.4 is 10.6 Å². The molecule has 0 aliphatic heterocycles. The smallest absolute Gasteiger partial charge is 0.291 e. The molecule has 0 spiro atoms. The summed E-state index contributed by atoms with van der Waals surface area (Å²) in [5.41, 5.74) is 3.17. The van der Waals surface area contributed by atoms with Crippen LogP contribution in [0.4, 0.5) is 11.4 Å². The number of anilines is 2. The number of hydrogen-bond acceptors (Lipinski definition) is 4. The minimum atomic E-state index is -0.366. The molecule has 7 nitrogen and oxygen atoms in total. The standard InChI is InChI=1S/C24H24BrN3O4/c1-3-17-6-4-5-7-19(17)27-22(29)15-28(2)23(30)14-16-8-10-18(11-9-16)26-24(31)20-12-13-21(25)32-20/h4-13H,3,14-15H2,1-2H3,(H,26,31)(H,27,29). The lowest BCUT2D eigenvalue weighted by atomic mass is 10.1. The summed E-state index contributed by atoms with van der Waals surface area (Å²) in [6.07, 6.45) is 0.954.